The largest absolute Gasteiger partial charge is 0.342 e. The van der Waals surface area contributed by atoms with Crippen molar-refractivity contribution in [3.63, 3.8) is 0 Å². The Labute approximate surface area is 104 Å². The molecule has 1 aromatic rings. The number of likely N-dealkylation sites (N-methyl/N-ethyl adjacent to an activating group) is 1. The first-order chi connectivity index (χ1) is 8.00. The highest BCUT2D eigenvalue weighted by atomic mass is 16.2. The molecule has 0 aromatic heterocycles. The molecule has 0 heterocycles. The van der Waals surface area contributed by atoms with Gasteiger partial charge in [0.15, 0.2) is 0 Å². The third kappa shape index (κ3) is 4.57. The van der Waals surface area contributed by atoms with Crippen LogP contribution in [0, 0.1) is 6.92 Å². The van der Waals surface area contributed by atoms with Crippen molar-refractivity contribution in [1.82, 2.24) is 10.2 Å². The number of nitrogens with zero attached hydrogens (tertiary/aromatic N) is 1. The number of rotatable bonds is 5. The summed E-state index contributed by atoms with van der Waals surface area (Å²) < 4.78 is 0. The highest BCUT2D eigenvalue weighted by molar-refractivity contribution is 5.78. The molecule has 0 radical (unpaired) electrons. The van der Waals surface area contributed by atoms with Crippen molar-refractivity contribution in [2.45, 2.75) is 33.4 Å². The van der Waals surface area contributed by atoms with Gasteiger partial charge in [-0.3, -0.25) is 4.79 Å². The summed E-state index contributed by atoms with van der Waals surface area (Å²) in [5.41, 5.74) is 2.46. The van der Waals surface area contributed by atoms with Gasteiger partial charge in [-0.05, 0) is 26.3 Å². The van der Waals surface area contributed by atoms with E-state index in [1.807, 2.05) is 20.9 Å². The van der Waals surface area contributed by atoms with Gasteiger partial charge in [0.2, 0.25) is 5.91 Å². The zero-order valence-electron chi connectivity index (χ0n) is 11.2. The van der Waals surface area contributed by atoms with Crippen LogP contribution in [0.3, 0.4) is 0 Å². The lowest BCUT2D eigenvalue weighted by molar-refractivity contribution is -0.130. The van der Waals surface area contributed by atoms with Gasteiger partial charge in [0.25, 0.3) is 0 Å². The van der Waals surface area contributed by atoms with Crippen LogP contribution in [0.25, 0.3) is 0 Å². The van der Waals surface area contributed by atoms with Crippen molar-refractivity contribution in [3.05, 3.63) is 35.4 Å². The summed E-state index contributed by atoms with van der Waals surface area (Å²) in [5, 5.41) is 3.17. The minimum Gasteiger partial charge on any atom is -0.342 e. The minimum atomic E-state index is 0.132. The maximum absolute atomic E-state index is 11.7. The van der Waals surface area contributed by atoms with Crippen LogP contribution in [0.5, 0.6) is 0 Å². The number of hydrogen-bond acceptors (Lipinski definition) is 2. The van der Waals surface area contributed by atoms with Crippen molar-refractivity contribution in [2.24, 2.45) is 0 Å². The highest BCUT2D eigenvalue weighted by Crippen LogP contribution is 2.02. The second kappa shape index (κ2) is 6.40. The van der Waals surface area contributed by atoms with Gasteiger partial charge in [-0.25, -0.2) is 0 Å². The number of nitrogens with one attached hydrogen (secondary N) is 1. The van der Waals surface area contributed by atoms with Gasteiger partial charge in [0.05, 0.1) is 6.54 Å². The maximum Gasteiger partial charge on any atom is 0.236 e. The lowest BCUT2D eigenvalue weighted by Gasteiger charge is -2.21. The average Bonchev–Trinajstić information content (AvgIpc) is 2.30. The van der Waals surface area contributed by atoms with Crippen molar-refractivity contribution in [2.75, 3.05) is 13.6 Å². The third-order valence-corrected chi connectivity index (χ3v) is 2.89. The summed E-state index contributed by atoms with van der Waals surface area (Å²) in [5.74, 6) is 0.132. The van der Waals surface area contributed by atoms with Gasteiger partial charge in [0.1, 0.15) is 0 Å². The van der Waals surface area contributed by atoms with Gasteiger partial charge >= 0.3 is 0 Å². The monoisotopic (exact) mass is 234 g/mol. The molecule has 3 heteroatoms. The Morgan fingerprint density at radius 3 is 2.41 bits per heavy atom. The fraction of sp³-hybridized carbons (Fsp3) is 0.500. The molecule has 1 N–H and O–H groups in total. The summed E-state index contributed by atoms with van der Waals surface area (Å²) in [6.45, 7) is 7.22. The molecule has 0 fully saturated rings. The predicted octanol–water partition coefficient (Wildman–Crippen LogP) is 1.95. The summed E-state index contributed by atoms with van der Waals surface area (Å²) in [4.78, 5) is 13.4. The van der Waals surface area contributed by atoms with E-state index in [-0.39, 0.29) is 11.9 Å². The number of hydrogen-bond donors (Lipinski definition) is 1. The molecule has 0 saturated carbocycles. The van der Waals surface area contributed by atoms with E-state index in [0.717, 1.165) is 6.54 Å². The van der Waals surface area contributed by atoms with Gasteiger partial charge in [-0.2, -0.15) is 0 Å². The molecule has 1 amide bonds. The molecule has 17 heavy (non-hydrogen) atoms. The summed E-state index contributed by atoms with van der Waals surface area (Å²) in [7, 11) is 1.83. The molecule has 1 rings (SSSR count). The molecule has 0 saturated heterocycles. The summed E-state index contributed by atoms with van der Waals surface area (Å²) in [6, 6.07) is 8.58. The topological polar surface area (TPSA) is 32.3 Å². The highest BCUT2D eigenvalue weighted by Gasteiger charge is 2.10. The SMILES string of the molecule is Cc1ccc(CNCC(=O)N(C)C(C)C)cc1. The number of carbonyl (C=O) groups excluding carboxylic acids is 1. The Hall–Kier alpha value is -1.35. The van der Waals surface area contributed by atoms with E-state index in [1.54, 1.807) is 4.90 Å². The Balaban J connectivity index is 2.33. The molecule has 0 unspecified atom stereocenters. The van der Waals surface area contributed by atoms with E-state index in [2.05, 4.69) is 36.5 Å². The van der Waals surface area contributed by atoms with Crippen LogP contribution in [0.2, 0.25) is 0 Å². The first-order valence-electron chi connectivity index (χ1n) is 6.02. The molecular formula is C14H22N2O. The van der Waals surface area contributed by atoms with Gasteiger partial charge in [-0.15, -0.1) is 0 Å². The predicted molar refractivity (Wildman–Crippen MR) is 70.8 cm³/mol. The van der Waals surface area contributed by atoms with Crippen LogP contribution in [0.1, 0.15) is 25.0 Å². The minimum absolute atomic E-state index is 0.132. The molecule has 1 aromatic carbocycles. The molecule has 94 valence electrons. The third-order valence-electron chi connectivity index (χ3n) is 2.89. The second-order valence-electron chi connectivity index (χ2n) is 4.69. The Bertz CT molecular complexity index is 357. The molecule has 3 nitrogen and oxygen atoms in total. The summed E-state index contributed by atoms with van der Waals surface area (Å²) >= 11 is 0. The van der Waals surface area contributed by atoms with Crippen LogP contribution >= 0.6 is 0 Å². The smallest absolute Gasteiger partial charge is 0.236 e. The molecule has 0 atom stereocenters. The van der Waals surface area contributed by atoms with E-state index in [1.165, 1.54) is 11.1 Å². The molecular weight excluding hydrogens is 212 g/mol. The molecule has 0 aliphatic heterocycles. The lowest BCUT2D eigenvalue weighted by atomic mass is 10.1. The quantitative estimate of drug-likeness (QED) is 0.844. The van der Waals surface area contributed by atoms with Crippen LogP contribution in [-0.4, -0.2) is 30.4 Å². The lowest BCUT2D eigenvalue weighted by Crippen LogP contribution is -2.39. The molecule has 0 aliphatic carbocycles. The van der Waals surface area contributed by atoms with Crippen LogP contribution in [0.4, 0.5) is 0 Å². The fourth-order valence-electron chi connectivity index (χ4n) is 1.43. The molecule has 0 bridgehead atoms. The number of carbonyl (C=O) groups is 1. The van der Waals surface area contributed by atoms with Gasteiger partial charge in [0, 0.05) is 19.6 Å². The van der Waals surface area contributed by atoms with Crippen LogP contribution < -0.4 is 5.32 Å². The Morgan fingerprint density at radius 2 is 1.88 bits per heavy atom. The zero-order valence-corrected chi connectivity index (χ0v) is 11.2. The standard InChI is InChI=1S/C14H22N2O/c1-11(2)16(4)14(17)10-15-9-13-7-5-12(3)6-8-13/h5-8,11,15H,9-10H2,1-4H3. The second-order valence-corrected chi connectivity index (χ2v) is 4.69. The van der Waals surface area contributed by atoms with E-state index in [9.17, 15) is 4.79 Å². The fourth-order valence-corrected chi connectivity index (χ4v) is 1.43. The zero-order chi connectivity index (χ0) is 12.8. The van der Waals surface area contributed by atoms with Crippen molar-refractivity contribution in [3.8, 4) is 0 Å². The van der Waals surface area contributed by atoms with Crippen LogP contribution in [0.15, 0.2) is 24.3 Å². The Kier molecular flexibility index (Phi) is 5.16. The maximum atomic E-state index is 11.7. The van der Waals surface area contributed by atoms with Crippen molar-refractivity contribution < 1.29 is 4.79 Å². The Morgan fingerprint density at radius 1 is 1.29 bits per heavy atom. The van der Waals surface area contributed by atoms with Gasteiger partial charge < -0.3 is 10.2 Å². The molecule has 0 spiro atoms. The van der Waals surface area contributed by atoms with Crippen molar-refractivity contribution in [1.29, 1.82) is 0 Å². The first kappa shape index (κ1) is 13.7. The van der Waals surface area contributed by atoms with E-state index in [0.29, 0.717) is 6.54 Å². The number of aryl methyl sites for hydroxylation is 1. The normalized spacial score (nSPS) is 10.6. The summed E-state index contributed by atoms with van der Waals surface area (Å²) in [6.07, 6.45) is 0. The first-order valence-corrected chi connectivity index (χ1v) is 6.02. The number of amides is 1. The average molecular weight is 234 g/mol. The van der Waals surface area contributed by atoms with Crippen molar-refractivity contribution >= 4 is 5.91 Å². The number of benzene rings is 1. The van der Waals surface area contributed by atoms with Crippen LogP contribution in [-0.2, 0) is 11.3 Å². The van der Waals surface area contributed by atoms with E-state index < -0.39 is 0 Å². The van der Waals surface area contributed by atoms with E-state index >= 15 is 0 Å². The van der Waals surface area contributed by atoms with E-state index in [4.69, 9.17) is 0 Å². The molecule has 0 aliphatic rings. The van der Waals surface area contributed by atoms with Gasteiger partial charge in [-0.1, -0.05) is 29.8 Å².